The fraction of sp³-hybridized carbons (Fsp3) is 0.571. The Labute approximate surface area is 265 Å². The lowest BCUT2D eigenvalue weighted by Crippen LogP contribution is -2.65. The molecule has 0 aliphatic carbocycles. The number of piperazine rings is 1. The second-order valence-electron chi connectivity index (χ2n) is 15.2. The number of hydrogen-bond acceptors (Lipinski definition) is 6. The van der Waals surface area contributed by atoms with Gasteiger partial charge in [0, 0.05) is 19.5 Å². The Bertz CT molecular complexity index is 1290. The molecule has 44 heavy (non-hydrogen) atoms. The molecular weight excluding hydrogens is 572 g/mol. The first-order chi connectivity index (χ1) is 20.2. The van der Waals surface area contributed by atoms with Gasteiger partial charge in [-0.25, -0.2) is 4.79 Å². The van der Waals surface area contributed by atoms with Crippen molar-refractivity contribution in [3.63, 3.8) is 0 Å². The summed E-state index contributed by atoms with van der Waals surface area (Å²) in [5.41, 5.74) is 0.789. The van der Waals surface area contributed by atoms with Crippen LogP contribution < -0.4 is 9.16 Å². The highest BCUT2D eigenvalue weighted by Gasteiger charge is 2.45. The molecule has 0 saturated carbocycles. The van der Waals surface area contributed by atoms with Crippen molar-refractivity contribution in [3.05, 3.63) is 59.7 Å². The van der Waals surface area contributed by atoms with Gasteiger partial charge in [-0.1, -0.05) is 45.0 Å². The molecule has 0 spiro atoms. The summed E-state index contributed by atoms with van der Waals surface area (Å²) in [6.45, 7) is 22.8. The standard InChI is InChI=1S/C35H52N2O6Si/c1-33(2,3)41-28-16-14-26(15-17-28)22-30-31(39)36(23-27(24-38)37(30)32(40)42-34(4,5)6)21-20-25-12-18-29(19-13-25)43-44(10,11)35(7,8)9/h12-19,24,27,30H,20-23H2,1-11H3/t27-,30+/m1/s1. The van der Waals surface area contributed by atoms with Crippen molar-refractivity contribution in [2.45, 2.75) is 117 Å². The summed E-state index contributed by atoms with van der Waals surface area (Å²) in [7, 11) is -1.95. The minimum absolute atomic E-state index is 0.0986. The minimum atomic E-state index is -1.95. The largest absolute Gasteiger partial charge is 0.544 e. The van der Waals surface area contributed by atoms with Gasteiger partial charge >= 0.3 is 6.09 Å². The van der Waals surface area contributed by atoms with Crippen molar-refractivity contribution in [1.29, 1.82) is 0 Å². The second-order valence-corrected chi connectivity index (χ2v) is 19.9. The summed E-state index contributed by atoms with van der Waals surface area (Å²) >= 11 is 0. The number of hydrogen-bond donors (Lipinski definition) is 0. The van der Waals surface area contributed by atoms with Crippen molar-refractivity contribution < 1.29 is 28.3 Å². The SMILES string of the molecule is CC(C)(C)OC(=O)N1[C@@H](C=O)CN(CCc2ccc(O[Si](C)(C)C(C)(C)C)cc2)C(=O)[C@@H]1Cc1ccc(OC(C)(C)C)cc1. The molecule has 1 fully saturated rings. The summed E-state index contributed by atoms with van der Waals surface area (Å²) in [6.07, 6.45) is 0.922. The molecule has 1 aliphatic rings. The van der Waals surface area contributed by atoms with Gasteiger partial charge in [-0.3, -0.25) is 9.69 Å². The zero-order valence-electron chi connectivity index (χ0n) is 28.5. The quantitative estimate of drug-likeness (QED) is 0.220. The molecule has 0 N–H and O–H groups in total. The number of carbonyl (C=O) groups is 3. The number of rotatable bonds is 9. The van der Waals surface area contributed by atoms with Crippen molar-refractivity contribution in [3.8, 4) is 11.5 Å². The smallest absolute Gasteiger partial charge is 0.411 e. The normalized spacial score (nSPS) is 18.2. The number of carbonyl (C=O) groups excluding carboxylic acids is 3. The Kier molecular flexibility index (Phi) is 10.7. The fourth-order valence-electron chi connectivity index (χ4n) is 4.74. The Morgan fingerprint density at radius 3 is 1.91 bits per heavy atom. The molecule has 9 heteroatoms. The summed E-state index contributed by atoms with van der Waals surface area (Å²) in [6, 6.07) is 13.8. The second kappa shape index (κ2) is 13.3. The first-order valence-electron chi connectivity index (χ1n) is 15.5. The van der Waals surface area contributed by atoms with Gasteiger partial charge in [0.25, 0.3) is 0 Å². The van der Waals surface area contributed by atoms with E-state index in [-0.39, 0.29) is 29.5 Å². The van der Waals surface area contributed by atoms with E-state index in [2.05, 4.69) is 33.9 Å². The Morgan fingerprint density at radius 1 is 0.864 bits per heavy atom. The summed E-state index contributed by atoms with van der Waals surface area (Å²) in [5, 5.41) is 0.0986. The summed E-state index contributed by atoms with van der Waals surface area (Å²) in [5.74, 6) is 1.36. The average molecular weight is 625 g/mol. The van der Waals surface area contributed by atoms with Crippen LogP contribution in [0.15, 0.2) is 48.5 Å². The lowest BCUT2D eigenvalue weighted by molar-refractivity contribution is -0.146. The molecule has 242 valence electrons. The van der Waals surface area contributed by atoms with Gasteiger partial charge in [-0.05, 0) is 101 Å². The fourth-order valence-corrected chi connectivity index (χ4v) is 5.78. The van der Waals surface area contributed by atoms with E-state index >= 15 is 0 Å². The molecule has 2 aromatic rings. The third kappa shape index (κ3) is 9.58. The molecule has 2 atom stereocenters. The highest BCUT2D eigenvalue weighted by Crippen LogP contribution is 2.37. The number of benzene rings is 2. The van der Waals surface area contributed by atoms with Gasteiger partial charge in [0.05, 0.1) is 0 Å². The summed E-state index contributed by atoms with van der Waals surface area (Å²) < 4.78 is 18.0. The molecule has 3 rings (SSSR count). The van der Waals surface area contributed by atoms with E-state index in [0.29, 0.717) is 18.7 Å². The van der Waals surface area contributed by atoms with Crippen LogP contribution in [0.2, 0.25) is 18.1 Å². The van der Waals surface area contributed by atoms with E-state index < -0.39 is 32.1 Å². The monoisotopic (exact) mass is 624 g/mol. The molecule has 0 bridgehead atoms. The predicted molar refractivity (Wildman–Crippen MR) is 177 cm³/mol. The number of ether oxygens (including phenoxy) is 2. The lowest BCUT2D eigenvalue weighted by Gasteiger charge is -2.44. The number of nitrogens with zero attached hydrogens (tertiary/aromatic N) is 2. The molecule has 1 saturated heterocycles. The highest BCUT2D eigenvalue weighted by molar-refractivity contribution is 6.74. The third-order valence-electron chi connectivity index (χ3n) is 8.01. The zero-order chi connectivity index (χ0) is 33.1. The van der Waals surface area contributed by atoms with Crippen LogP contribution in [-0.4, -0.2) is 72.8 Å². The zero-order valence-corrected chi connectivity index (χ0v) is 29.5. The van der Waals surface area contributed by atoms with Gasteiger partial charge < -0.3 is 23.6 Å². The summed E-state index contributed by atoms with van der Waals surface area (Å²) in [4.78, 5) is 42.7. The van der Waals surface area contributed by atoms with Crippen LogP contribution in [-0.2, 0) is 27.2 Å². The Morgan fingerprint density at radius 2 is 1.41 bits per heavy atom. The van der Waals surface area contributed by atoms with Crippen LogP contribution in [0.3, 0.4) is 0 Å². The topological polar surface area (TPSA) is 85.4 Å². The molecule has 8 nitrogen and oxygen atoms in total. The molecule has 0 aromatic heterocycles. The Balaban J connectivity index is 1.80. The van der Waals surface area contributed by atoms with Crippen LogP contribution in [0.25, 0.3) is 0 Å². The van der Waals surface area contributed by atoms with Gasteiger partial charge in [0.1, 0.15) is 41.1 Å². The molecule has 2 aromatic carbocycles. The van der Waals surface area contributed by atoms with Gasteiger partial charge in [-0.2, -0.15) is 0 Å². The number of aldehydes is 1. The van der Waals surface area contributed by atoms with Crippen LogP contribution >= 0.6 is 0 Å². The van der Waals surface area contributed by atoms with Gasteiger partial charge in [0.15, 0.2) is 0 Å². The molecule has 0 unspecified atom stereocenters. The van der Waals surface area contributed by atoms with E-state index in [1.807, 2.05) is 69.3 Å². The first-order valence-corrected chi connectivity index (χ1v) is 18.4. The minimum Gasteiger partial charge on any atom is -0.544 e. The van der Waals surface area contributed by atoms with Crippen molar-refractivity contribution >= 4 is 26.6 Å². The Hall–Kier alpha value is -3.33. The van der Waals surface area contributed by atoms with Crippen LogP contribution in [0, 0.1) is 0 Å². The van der Waals surface area contributed by atoms with E-state index in [9.17, 15) is 14.4 Å². The molecule has 1 aliphatic heterocycles. The van der Waals surface area contributed by atoms with Crippen molar-refractivity contribution in [1.82, 2.24) is 9.80 Å². The molecule has 0 radical (unpaired) electrons. The van der Waals surface area contributed by atoms with E-state index in [0.717, 1.165) is 23.2 Å². The van der Waals surface area contributed by atoms with E-state index in [4.69, 9.17) is 13.9 Å². The average Bonchev–Trinajstić information content (AvgIpc) is 2.88. The molecular formula is C35H52N2O6Si. The van der Waals surface area contributed by atoms with Crippen LogP contribution in [0.5, 0.6) is 11.5 Å². The van der Waals surface area contributed by atoms with Crippen LogP contribution in [0.4, 0.5) is 4.79 Å². The third-order valence-corrected chi connectivity index (χ3v) is 12.4. The maximum absolute atomic E-state index is 14.0. The maximum Gasteiger partial charge on any atom is 0.411 e. The van der Waals surface area contributed by atoms with Gasteiger partial charge in [-0.15, -0.1) is 0 Å². The van der Waals surface area contributed by atoms with Gasteiger partial charge in [0.2, 0.25) is 14.2 Å². The van der Waals surface area contributed by atoms with Crippen molar-refractivity contribution in [2.75, 3.05) is 13.1 Å². The van der Waals surface area contributed by atoms with E-state index in [1.54, 1.807) is 25.7 Å². The van der Waals surface area contributed by atoms with Crippen molar-refractivity contribution in [2.24, 2.45) is 0 Å². The molecule has 1 heterocycles. The first kappa shape index (κ1) is 35.1. The molecule has 2 amide bonds. The lowest BCUT2D eigenvalue weighted by atomic mass is 9.98. The maximum atomic E-state index is 14.0. The van der Waals surface area contributed by atoms with Crippen LogP contribution in [0.1, 0.15) is 73.4 Å². The number of amides is 2. The highest BCUT2D eigenvalue weighted by atomic mass is 28.4. The van der Waals surface area contributed by atoms with E-state index in [1.165, 1.54) is 4.90 Å². The predicted octanol–water partition coefficient (Wildman–Crippen LogP) is 7.05.